The molecule has 0 aromatic heterocycles. The standard InChI is InChI=1S/C38H46N4O8/c1-4-40(5-2)26-15-17-27(18-16-26)41-21-11-7-10-14-30(44)39-28(24-48-3)33(25-12-8-6-9-13-25)49-37(47)31-29-19-20-38(50-29)32(31)35(45)42(22-23-43)34(38)36(41)46/h6-9,11-13,15-20,28-29,31-34,43H,4-5,10,14,21-24H2,1-3H3,(H,39,44)/b11-7-/t28-,29+,31-,32-,33-,34+,38-/m1/s1. The third-order valence-corrected chi connectivity index (χ3v) is 10.2. The summed E-state index contributed by atoms with van der Waals surface area (Å²) in [4.78, 5) is 61.9. The van der Waals surface area contributed by atoms with Crippen LogP contribution in [0.3, 0.4) is 0 Å². The van der Waals surface area contributed by atoms with Crippen LogP contribution >= 0.6 is 0 Å². The van der Waals surface area contributed by atoms with Gasteiger partial charge in [0.1, 0.15) is 23.7 Å². The first-order valence-electron chi connectivity index (χ1n) is 17.4. The smallest absolute Gasteiger partial charge is 0.313 e. The van der Waals surface area contributed by atoms with Crippen molar-refractivity contribution in [2.45, 2.75) is 56.6 Å². The van der Waals surface area contributed by atoms with Crippen LogP contribution in [0.2, 0.25) is 0 Å². The molecule has 0 aliphatic carbocycles. The molecular formula is C38H46N4O8. The number of esters is 1. The number of likely N-dealkylation sites (tertiary alicyclic amines) is 1. The van der Waals surface area contributed by atoms with E-state index in [1.165, 1.54) is 12.0 Å². The molecule has 12 nitrogen and oxygen atoms in total. The molecule has 2 N–H and O–H groups in total. The molecule has 0 saturated carbocycles. The largest absolute Gasteiger partial charge is 0.455 e. The quantitative estimate of drug-likeness (QED) is 0.301. The molecular weight excluding hydrogens is 640 g/mol. The van der Waals surface area contributed by atoms with Crippen LogP contribution < -0.4 is 15.1 Å². The number of allylic oxidation sites excluding steroid dienone is 1. The Morgan fingerprint density at radius 3 is 2.42 bits per heavy atom. The number of hydrogen-bond acceptors (Lipinski definition) is 9. The van der Waals surface area contributed by atoms with E-state index in [9.17, 15) is 24.3 Å². The third kappa shape index (κ3) is 6.43. The number of benzene rings is 2. The van der Waals surface area contributed by atoms with E-state index in [2.05, 4.69) is 24.1 Å². The van der Waals surface area contributed by atoms with E-state index >= 15 is 0 Å². The van der Waals surface area contributed by atoms with Gasteiger partial charge in [0.05, 0.1) is 31.3 Å². The van der Waals surface area contributed by atoms with Crippen molar-refractivity contribution in [2.75, 3.05) is 56.3 Å². The van der Waals surface area contributed by atoms with E-state index in [1.807, 2.05) is 54.6 Å². The molecule has 3 amide bonds. The number of fused-ring (bicyclic) bond motifs is 2. The third-order valence-electron chi connectivity index (χ3n) is 10.2. The van der Waals surface area contributed by atoms with Crippen molar-refractivity contribution in [1.82, 2.24) is 10.2 Å². The van der Waals surface area contributed by atoms with Crippen LogP contribution in [0.4, 0.5) is 11.4 Å². The van der Waals surface area contributed by atoms with Gasteiger partial charge in [0, 0.05) is 51.1 Å². The van der Waals surface area contributed by atoms with Crippen LogP contribution in [0.1, 0.15) is 38.4 Å². The number of nitrogens with one attached hydrogen (secondary N) is 1. The van der Waals surface area contributed by atoms with Crippen molar-refractivity contribution in [2.24, 2.45) is 11.8 Å². The van der Waals surface area contributed by atoms with Crippen molar-refractivity contribution in [1.29, 1.82) is 0 Å². The lowest BCUT2D eigenvalue weighted by molar-refractivity contribution is -0.162. The molecule has 0 unspecified atom stereocenters. The first-order valence-corrected chi connectivity index (χ1v) is 17.4. The summed E-state index contributed by atoms with van der Waals surface area (Å²) >= 11 is 0. The Labute approximate surface area is 292 Å². The molecule has 4 aliphatic rings. The lowest BCUT2D eigenvalue weighted by atomic mass is 9.74. The van der Waals surface area contributed by atoms with Crippen LogP contribution in [0.25, 0.3) is 0 Å². The summed E-state index contributed by atoms with van der Waals surface area (Å²) in [5, 5.41) is 13.1. The normalized spacial score (nSPS) is 30.3. The van der Waals surface area contributed by atoms with Gasteiger partial charge in [-0.2, -0.15) is 0 Å². The zero-order valence-corrected chi connectivity index (χ0v) is 28.8. The predicted octanol–water partition coefficient (Wildman–Crippen LogP) is 2.77. The molecule has 266 valence electrons. The molecule has 2 saturated heterocycles. The summed E-state index contributed by atoms with van der Waals surface area (Å²) in [5.41, 5.74) is 0.822. The van der Waals surface area contributed by atoms with E-state index in [-0.39, 0.29) is 38.6 Å². The van der Waals surface area contributed by atoms with Gasteiger partial charge >= 0.3 is 5.97 Å². The van der Waals surface area contributed by atoms with Crippen LogP contribution in [0, 0.1) is 11.8 Å². The summed E-state index contributed by atoms with van der Waals surface area (Å²) in [6.45, 7) is 5.53. The van der Waals surface area contributed by atoms with Crippen molar-refractivity contribution in [3.8, 4) is 0 Å². The number of hydrogen-bond donors (Lipinski definition) is 2. The maximum absolute atomic E-state index is 14.9. The number of ether oxygens (including phenoxy) is 3. The Kier molecular flexibility index (Phi) is 10.7. The van der Waals surface area contributed by atoms with Crippen LogP contribution in [-0.2, 0) is 33.4 Å². The van der Waals surface area contributed by atoms with Gasteiger partial charge in [-0.25, -0.2) is 0 Å². The van der Waals surface area contributed by atoms with Crippen molar-refractivity contribution in [3.63, 3.8) is 0 Å². The molecule has 2 aromatic rings. The Morgan fingerprint density at radius 2 is 1.74 bits per heavy atom. The number of anilines is 2. The number of carbonyl (C=O) groups excluding carboxylic acids is 4. The lowest BCUT2D eigenvalue weighted by Crippen LogP contribution is -2.56. The zero-order chi connectivity index (χ0) is 35.4. The molecule has 50 heavy (non-hydrogen) atoms. The van der Waals surface area contributed by atoms with E-state index in [1.54, 1.807) is 29.2 Å². The molecule has 12 heteroatoms. The summed E-state index contributed by atoms with van der Waals surface area (Å²) in [6.07, 6.45) is 5.95. The van der Waals surface area contributed by atoms with Gasteiger partial charge < -0.3 is 39.3 Å². The fourth-order valence-electron chi connectivity index (χ4n) is 7.87. The number of aliphatic hydroxyl groups excluding tert-OH is 1. The van der Waals surface area contributed by atoms with E-state index in [0.717, 1.165) is 18.8 Å². The number of methoxy groups -OCH3 is 1. The summed E-state index contributed by atoms with van der Waals surface area (Å²) < 4.78 is 18.2. The molecule has 7 atom stereocenters. The number of cyclic esters (lactones) is 1. The van der Waals surface area contributed by atoms with Gasteiger partial charge in [-0.05, 0) is 50.1 Å². The second-order valence-electron chi connectivity index (χ2n) is 13.0. The minimum Gasteiger partial charge on any atom is -0.455 e. The van der Waals surface area contributed by atoms with E-state index in [4.69, 9.17) is 14.2 Å². The minimum absolute atomic E-state index is 0.0636. The molecule has 6 rings (SSSR count). The zero-order valence-electron chi connectivity index (χ0n) is 28.8. The van der Waals surface area contributed by atoms with Gasteiger partial charge in [0.25, 0.3) is 5.91 Å². The molecule has 2 aromatic carbocycles. The Bertz CT molecular complexity index is 1610. The number of β-amino-alcohol motifs (C(OH)–C–C–N with tert-alkyl or cyclic N) is 1. The van der Waals surface area contributed by atoms with Gasteiger partial charge in [0.2, 0.25) is 11.8 Å². The highest BCUT2D eigenvalue weighted by Gasteiger charge is 2.73. The average molecular weight is 687 g/mol. The highest BCUT2D eigenvalue weighted by molar-refractivity contribution is 6.05. The predicted molar refractivity (Wildman–Crippen MR) is 186 cm³/mol. The molecule has 4 heterocycles. The number of nitrogens with zero attached hydrogens (tertiary/aromatic N) is 3. The monoisotopic (exact) mass is 686 g/mol. The summed E-state index contributed by atoms with van der Waals surface area (Å²) in [7, 11) is 1.51. The molecule has 1 spiro atoms. The Balaban J connectivity index is 1.43. The van der Waals surface area contributed by atoms with Crippen molar-refractivity contribution < 1.29 is 38.5 Å². The topological polar surface area (TPSA) is 138 Å². The van der Waals surface area contributed by atoms with Gasteiger partial charge in [-0.15, -0.1) is 0 Å². The minimum atomic E-state index is -1.45. The van der Waals surface area contributed by atoms with Crippen molar-refractivity contribution in [3.05, 3.63) is 84.5 Å². The highest BCUT2D eigenvalue weighted by Crippen LogP contribution is 2.56. The number of amides is 3. The van der Waals surface area contributed by atoms with E-state index in [0.29, 0.717) is 17.7 Å². The first kappa shape index (κ1) is 35.3. The van der Waals surface area contributed by atoms with Crippen molar-refractivity contribution >= 4 is 35.1 Å². The lowest BCUT2D eigenvalue weighted by Gasteiger charge is -2.35. The fourth-order valence-corrected chi connectivity index (χ4v) is 7.87. The van der Waals surface area contributed by atoms with Crippen LogP contribution in [0.5, 0.6) is 0 Å². The summed E-state index contributed by atoms with van der Waals surface area (Å²) in [5.74, 6) is -3.92. The number of rotatable bonds is 9. The second kappa shape index (κ2) is 15.2. The van der Waals surface area contributed by atoms with Gasteiger partial charge in [-0.3, -0.25) is 19.2 Å². The summed E-state index contributed by atoms with van der Waals surface area (Å²) in [6, 6.07) is 14.9. The highest BCUT2D eigenvalue weighted by atomic mass is 16.6. The Hall–Kier alpha value is -4.52. The molecule has 2 fully saturated rings. The first-order chi connectivity index (χ1) is 24.3. The Morgan fingerprint density at radius 1 is 1.00 bits per heavy atom. The van der Waals surface area contributed by atoms with Gasteiger partial charge in [0.15, 0.2) is 0 Å². The van der Waals surface area contributed by atoms with E-state index < -0.39 is 59.5 Å². The molecule has 5 bridgehead atoms. The number of carbonyl (C=O) groups is 4. The second-order valence-corrected chi connectivity index (χ2v) is 13.0. The maximum Gasteiger partial charge on any atom is 0.313 e. The van der Waals surface area contributed by atoms with Crippen LogP contribution in [-0.4, -0.2) is 104 Å². The average Bonchev–Trinajstić information content (AvgIpc) is 3.77. The van der Waals surface area contributed by atoms with Gasteiger partial charge in [-0.1, -0.05) is 54.6 Å². The van der Waals surface area contributed by atoms with Crippen LogP contribution in [0.15, 0.2) is 78.9 Å². The fraction of sp³-hybridized carbons (Fsp3) is 0.474. The molecule has 0 radical (unpaired) electrons. The maximum atomic E-state index is 14.9. The molecule has 4 aliphatic heterocycles. The number of aliphatic hydroxyl groups is 1. The SMILES string of the molecule is CCN(CC)c1ccc(N2C/C=C\CCC(=O)N[C@H](COC)[C@@H](c3ccccc3)OC(=O)[C@@H]3[C@@H]4C=C[C@]5(O4)[C@H](C2=O)N(CCO)C(=O)[C@@H]35)cc1.